The second-order valence-electron chi connectivity index (χ2n) is 10.2. The highest BCUT2D eigenvalue weighted by Gasteiger charge is 2.52. The van der Waals surface area contributed by atoms with Gasteiger partial charge in [0.05, 0.1) is 32.0 Å². The zero-order chi connectivity index (χ0) is 31.7. The molecule has 2 bridgehead atoms. The third-order valence-corrected chi connectivity index (χ3v) is 11.2. The van der Waals surface area contributed by atoms with E-state index in [1.54, 1.807) is 0 Å². The molecule has 5 N–H and O–H groups in total. The summed E-state index contributed by atoms with van der Waals surface area (Å²) in [4.78, 5) is 24.7. The van der Waals surface area contributed by atoms with Crippen LogP contribution in [0.15, 0.2) is 25.3 Å². The van der Waals surface area contributed by atoms with E-state index < -0.39 is 68.6 Å². The summed E-state index contributed by atoms with van der Waals surface area (Å²) in [5, 5.41) is 10.2. The molecular formula is C21H25ClN10O9P2S2. The fourth-order valence-corrected chi connectivity index (χ4v) is 8.87. The van der Waals surface area contributed by atoms with Gasteiger partial charge in [0.2, 0.25) is 0 Å². The number of halogens is 1. The zero-order valence-corrected chi connectivity index (χ0v) is 27.0. The second kappa shape index (κ2) is 11.8. The van der Waals surface area contributed by atoms with Crippen molar-refractivity contribution in [3.8, 4) is 0 Å². The number of anilines is 2. The Kier molecular flexibility index (Phi) is 8.28. The van der Waals surface area contributed by atoms with Gasteiger partial charge in [-0.15, -0.1) is 11.6 Å². The number of nitrogen functional groups attached to an aromatic ring is 2. The highest BCUT2D eigenvalue weighted by atomic mass is 35.5. The number of alkyl halides is 1. The molecule has 3 aliphatic heterocycles. The van der Waals surface area contributed by atoms with Gasteiger partial charge in [-0.2, -0.15) is 0 Å². The SMILES string of the molecule is Nc1ncnc2c1ncn2[C@@H]1O[C@@H]2CCOP(=O)(S)O[C@@H]3[C@H](O)[C@@H](COP(=O)(S)O[C@H]2[C@H]1Cl)O[C@H]3n1cnc2c(N)ncnc21. The van der Waals surface area contributed by atoms with E-state index in [4.69, 9.17) is 50.6 Å². The first-order valence-electron chi connectivity index (χ1n) is 13.2. The Balaban J connectivity index is 1.17. The second-order valence-corrected chi connectivity index (χ2v) is 16.5. The Morgan fingerprint density at radius 3 is 2.02 bits per heavy atom. The van der Waals surface area contributed by atoms with Gasteiger partial charge in [0, 0.05) is 6.42 Å². The van der Waals surface area contributed by atoms with Crippen LogP contribution in [0.25, 0.3) is 22.3 Å². The summed E-state index contributed by atoms with van der Waals surface area (Å²) in [6.07, 6.45) is -2.77. The molecule has 3 saturated heterocycles. The number of hydrogen-bond acceptors (Lipinski definition) is 17. The van der Waals surface area contributed by atoms with Crippen molar-refractivity contribution in [1.29, 1.82) is 0 Å². The molecule has 0 spiro atoms. The fraction of sp³-hybridized carbons (Fsp3) is 0.524. The van der Waals surface area contributed by atoms with Crippen LogP contribution in [0.2, 0.25) is 0 Å². The van der Waals surface area contributed by atoms with Gasteiger partial charge in [-0.1, -0.05) is 24.5 Å². The van der Waals surface area contributed by atoms with Crippen molar-refractivity contribution in [1.82, 2.24) is 39.0 Å². The molecule has 19 nitrogen and oxygen atoms in total. The van der Waals surface area contributed by atoms with Crippen molar-refractivity contribution >= 4 is 83.7 Å². The van der Waals surface area contributed by atoms with E-state index >= 15 is 0 Å². The Morgan fingerprint density at radius 2 is 1.38 bits per heavy atom. The summed E-state index contributed by atoms with van der Waals surface area (Å²) in [7, 11) is 0. The molecule has 10 atom stereocenters. The molecule has 0 radical (unpaired) electrons. The van der Waals surface area contributed by atoms with E-state index in [0.29, 0.717) is 11.2 Å². The summed E-state index contributed by atoms with van der Waals surface area (Å²) in [6.45, 7) is -9.07. The number of aliphatic hydroxyl groups is 1. The highest BCUT2D eigenvalue weighted by molar-refractivity contribution is 8.44. The Hall–Kier alpha value is -2.13. The molecule has 45 heavy (non-hydrogen) atoms. The molecule has 24 heteroatoms. The van der Waals surface area contributed by atoms with Gasteiger partial charge in [-0.3, -0.25) is 22.7 Å². The lowest BCUT2D eigenvalue weighted by Gasteiger charge is -2.27. The van der Waals surface area contributed by atoms with Crippen LogP contribution in [0.4, 0.5) is 11.6 Å². The van der Waals surface area contributed by atoms with Crippen LogP contribution in [-0.2, 0) is 36.7 Å². The lowest BCUT2D eigenvalue weighted by atomic mass is 10.1. The van der Waals surface area contributed by atoms with Gasteiger partial charge in [-0.25, -0.2) is 39.0 Å². The topological polar surface area (TPSA) is 249 Å². The molecule has 4 aromatic heterocycles. The minimum absolute atomic E-state index is 0.0218. The molecule has 0 amide bonds. The molecule has 4 aromatic rings. The molecular weight excluding hydrogens is 698 g/mol. The molecule has 7 rings (SSSR count). The van der Waals surface area contributed by atoms with Crippen molar-refractivity contribution in [3.63, 3.8) is 0 Å². The van der Waals surface area contributed by atoms with Crippen LogP contribution < -0.4 is 11.5 Å². The van der Waals surface area contributed by atoms with Gasteiger partial charge >= 0.3 is 13.6 Å². The number of thiol groups is 2. The Morgan fingerprint density at radius 1 is 0.822 bits per heavy atom. The van der Waals surface area contributed by atoms with E-state index in [2.05, 4.69) is 54.4 Å². The van der Waals surface area contributed by atoms with Crippen LogP contribution in [0.1, 0.15) is 18.9 Å². The number of rotatable bonds is 2. The number of ether oxygens (including phenoxy) is 2. The summed E-state index contributed by atoms with van der Waals surface area (Å²) in [6, 6.07) is 0. The lowest BCUT2D eigenvalue weighted by molar-refractivity contribution is -0.0473. The van der Waals surface area contributed by atoms with Gasteiger partial charge in [-0.05, 0) is 0 Å². The summed E-state index contributed by atoms with van der Waals surface area (Å²) >= 11 is 15.1. The fourth-order valence-electron chi connectivity index (χ4n) is 5.40. The minimum Gasteiger partial charge on any atom is -0.387 e. The van der Waals surface area contributed by atoms with Gasteiger partial charge in [0.25, 0.3) is 0 Å². The van der Waals surface area contributed by atoms with Crippen LogP contribution in [0.3, 0.4) is 0 Å². The number of nitrogens with zero attached hydrogens (tertiary/aromatic N) is 8. The van der Waals surface area contributed by atoms with Crippen LogP contribution in [0, 0.1) is 0 Å². The van der Waals surface area contributed by atoms with E-state index in [1.165, 1.54) is 34.4 Å². The van der Waals surface area contributed by atoms with E-state index in [1.807, 2.05) is 0 Å². The van der Waals surface area contributed by atoms with E-state index in [0.717, 1.165) is 0 Å². The summed E-state index contributed by atoms with van der Waals surface area (Å²) < 4.78 is 64.8. The number of nitrogens with two attached hydrogens (primary N) is 2. The number of fused-ring (bicyclic) bond motifs is 5. The first kappa shape index (κ1) is 31.5. The number of aliphatic hydroxyl groups excluding tert-OH is 1. The van der Waals surface area contributed by atoms with E-state index in [9.17, 15) is 14.2 Å². The Labute approximate surface area is 268 Å². The molecule has 3 fully saturated rings. The Bertz CT molecular complexity index is 1860. The molecule has 7 heterocycles. The highest BCUT2D eigenvalue weighted by Crippen LogP contribution is 2.60. The van der Waals surface area contributed by atoms with Crippen LogP contribution >= 0.6 is 49.7 Å². The lowest BCUT2D eigenvalue weighted by Crippen LogP contribution is -2.36. The quantitative estimate of drug-likeness (QED) is 0.113. The minimum atomic E-state index is -4.18. The molecule has 0 aromatic carbocycles. The molecule has 0 saturated carbocycles. The predicted octanol–water partition coefficient (Wildman–Crippen LogP) is 1.88. The molecule has 0 aliphatic carbocycles. The number of hydrogen-bond donors (Lipinski definition) is 5. The monoisotopic (exact) mass is 722 g/mol. The smallest absolute Gasteiger partial charge is 0.386 e. The third-order valence-electron chi connectivity index (χ3n) is 7.47. The maximum absolute atomic E-state index is 13.5. The van der Waals surface area contributed by atoms with Gasteiger partial charge in [0.1, 0.15) is 53.5 Å². The first-order valence-corrected chi connectivity index (χ1v) is 19.1. The van der Waals surface area contributed by atoms with Crippen LogP contribution in [-0.4, -0.2) is 93.3 Å². The van der Waals surface area contributed by atoms with Crippen LogP contribution in [0.5, 0.6) is 0 Å². The molecule has 2 unspecified atom stereocenters. The molecule has 242 valence electrons. The van der Waals surface area contributed by atoms with Crippen molar-refractivity contribution in [2.24, 2.45) is 0 Å². The summed E-state index contributed by atoms with van der Waals surface area (Å²) in [5.41, 5.74) is 13.0. The maximum atomic E-state index is 13.5. The van der Waals surface area contributed by atoms with E-state index in [-0.39, 0.29) is 35.8 Å². The number of aromatic nitrogens is 8. The summed E-state index contributed by atoms with van der Waals surface area (Å²) in [5.74, 6) is 0.263. The number of imidazole rings is 2. The normalized spacial score (nSPS) is 38.0. The first-order chi connectivity index (χ1) is 21.4. The maximum Gasteiger partial charge on any atom is 0.386 e. The average molecular weight is 723 g/mol. The third kappa shape index (κ3) is 5.83. The van der Waals surface area contributed by atoms with Crippen molar-refractivity contribution in [3.05, 3.63) is 25.3 Å². The predicted molar refractivity (Wildman–Crippen MR) is 162 cm³/mol. The largest absolute Gasteiger partial charge is 0.387 e. The zero-order valence-electron chi connectivity index (χ0n) is 22.7. The average Bonchev–Trinajstić information content (AvgIpc) is 3.74. The molecule has 3 aliphatic rings. The van der Waals surface area contributed by atoms with Crippen molar-refractivity contribution in [2.75, 3.05) is 24.7 Å². The standard InChI is InChI=1S/C21H25ClN10O9P2S2/c22-10-14-8(38-20(10)31-6-29-11-16(23)25-4-27-18(11)31)1-2-36-42(34,44)41-15-13(33)9(3-37-43(35,45)40-14)39-21(15)32-7-30-12-17(24)26-5-28-19(12)32/h4-10,13-15,20-21,33H,1-3H2,(H,34,44)(H,35,45)(H2,23,25,27)(H2,24,26,28)/t8-,9-,10-,13-,14-,15-,20-,21-,42?,43?/m1/s1. The van der Waals surface area contributed by atoms with Gasteiger partial charge < -0.3 is 30.6 Å². The van der Waals surface area contributed by atoms with Gasteiger partial charge in [0.15, 0.2) is 35.4 Å². The van der Waals surface area contributed by atoms with Crippen molar-refractivity contribution < 1.29 is 41.8 Å². The van der Waals surface area contributed by atoms with Crippen molar-refractivity contribution in [2.45, 2.75) is 54.8 Å².